The van der Waals surface area contributed by atoms with Gasteiger partial charge in [-0.1, -0.05) is 6.92 Å². The van der Waals surface area contributed by atoms with E-state index in [-0.39, 0.29) is 29.9 Å². The number of rotatable bonds is 6. The lowest BCUT2D eigenvalue weighted by molar-refractivity contribution is 0.0237. The van der Waals surface area contributed by atoms with E-state index in [2.05, 4.69) is 22.3 Å². The number of aromatic nitrogens is 3. The van der Waals surface area contributed by atoms with Gasteiger partial charge in [-0.2, -0.15) is 14.5 Å². The van der Waals surface area contributed by atoms with Crippen molar-refractivity contribution in [2.75, 3.05) is 32.2 Å². The maximum absolute atomic E-state index is 13.7. The zero-order chi connectivity index (χ0) is 19.4. The third kappa shape index (κ3) is 4.36. The highest BCUT2D eigenvalue weighted by Gasteiger charge is 2.27. The number of nitrogens with zero attached hydrogens (tertiary/aromatic N) is 3. The number of nitrogens with one attached hydrogen (secondary N) is 1. The molecule has 0 amide bonds. The number of anilines is 2. The number of hydrogen-bond donors (Lipinski definition) is 1. The lowest BCUT2D eigenvalue weighted by Gasteiger charge is -2.28. The molecule has 1 saturated heterocycles. The highest BCUT2D eigenvalue weighted by Crippen LogP contribution is 2.29. The zero-order valence-electron chi connectivity index (χ0n) is 15.6. The van der Waals surface area contributed by atoms with Crippen LogP contribution in [0.1, 0.15) is 36.7 Å². The summed E-state index contributed by atoms with van der Waals surface area (Å²) in [6.07, 6.45) is 2.56. The fraction of sp³-hybridized carbons (Fsp3) is 0.500. The third-order valence-electron chi connectivity index (χ3n) is 4.47. The lowest BCUT2D eigenvalue weighted by Crippen LogP contribution is -2.28. The molecule has 0 bridgehead atoms. The monoisotopic (exact) mass is 378 g/mol. The molecule has 2 atom stereocenters. The molecule has 146 valence electrons. The van der Waals surface area contributed by atoms with Crippen LogP contribution in [-0.4, -0.2) is 47.7 Å². The van der Waals surface area contributed by atoms with Crippen molar-refractivity contribution in [2.24, 2.45) is 5.92 Å². The smallest absolute Gasteiger partial charge is 0.343 e. The Hall–Kier alpha value is -2.68. The van der Waals surface area contributed by atoms with Gasteiger partial charge in [0.2, 0.25) is 11.8 Å². The van der Waals surface area contributed by atoms with Crippen LogP contribution in [0, 0.1) is 11.9 Å². The van der Waals surface area contributed by atoms with E-state index in [0.717, 1.165) is 6.42 Å². The van der Waals surface area contributed by atoms with Gasteiger partial charge in [-0.25, -0.2) is 4.79 Å². The number of carbonyl (C=O) groups excluding carboxylic acids is 1. The second-order valence-electron chi connectivity index (χ2n) is 6.35. The molecule has 0 aliphatic carbocycles. The first-order valence-corrected chi connectivity index (χ1v) is 8.84. The molecule has 8 nitrogen and oxygen atoms in total. The molecular formula is C18H23FN4O4. The van der Waals surface area contributed by atoms with Gasteiger partial charge in [0, 0.05) is 30.6 Å². The van der Waals surface area contributed by atoms with Crippen LogP contribution < -0.4 is 10.1 Å². The number of ether oxygens (including phenoxy) is 3. The molecule has 9 heteroatoms. The molecule has 1 fully saturated rings. The van der Waals surface area contributed by atoms with E-state index in [1.165, 1.54) is 19.2 Å². The summed E-state index contributed by atoms with van der Waals surface area (Å²) in [5.74, 6) is -0.469. The number of methoxy groups -OCH3 is 1. The van der Waals surface area contributed by atoms with Gasteiger partial charge < -0.3 is 19.5 Å². The van der Waals surface area contributed by atoms with E-state index >= 15 is 0 Å². The number of halogens is 1. The van der Waals surface area contributed by atoms with Crippen molar-refractivity contribution in [3.8, 4) is 5.88 Å². The first-order valence-electron chi connectivity index (χ1n) is 8.84. The molecule has 0 aromatic carbocycles. The number of hydrogen-bond acceptors (Lipinski definition) is 7. The molecule has 27 heavy (non-hydrogen) atoms. The Bertz CT molecular complexity index is 811. The molecule has 0 unspecified atom stereocenters. The number of esters is 1. The van der Waals surface area contributed by atoms with Gasteiger partial charge in [0.1, 0.15) is 5.56 Å². The second-order valence-corrected chi connectivity index (χ2v) is 6.35. The highest BCUT2D eigenvalue weighted by atomic mass is 19.1. The first kappa shape index (κ1) is 19.1. The Balaban J connectivity index is 1.94. The van der Waals surface area contributed by atoms with Crippen molar-refractivity contribution >= 4 is 17.5 Å². The summed E-state index contributed by atoms with van der Waals surface area (Å²) in [7, 11) is 1.40. The van der Waals surface area contributed by atoms with E-state index in [0.29, 0.717) is 24.8 Å². The minimum absolute atomic E-state index is 0.00573. The Kier molecular flexibility index (Phi) is 5.90. The van der Waals surface area contributed by atoms with Gasteiger partial charge in [0.25, 0.3) is 0 Å². The van der Waals surface area contributed by atoms with Crippen molar-refractivity contribution in [3.05, 3.63) is 29.8 Å². The van der Waals surface area contributed by atoms with Gasteiger partial charge in [0.15, 0.2) is 5.82 Å². The predicted octanol–water partition coefficient (Wildman–Crippen LogP) is 2.94. The largest absolute Gasteiger partial charge is 0.481 e. The molecule has 2 aromatic rings. The molecule has 3 heterocycles. The summed E-state index contributed by atoms with van der Waals surface area (Å²) in [6, 6.07) is 2.72. The van der Waals surface area contributed by atoms with Crippen LogP contribution in [0.3, 0.4) is 0 Å². The maximum atomic E-state index is 13.7. The molecule has 0 radical (unpaired) electrons. The van der Waals surface area contributed by atoms with E-state index in [4.69, 9.17) is 14.2 Å². The maximum Gasteiger partial charge on any atom is 0.343 e. The fourth-order valence-corrected chi connectivity index (χ4v) is 2.97. The minimum Gasteiger partial charge on any atom is -0.481 e. The van der Waals surface area contributed by atoms with E-state index in [9.17, 15) is 9.18 Å². The van der Waals surface area contributed by atoms with Crippen molar-refractivity contribution in [3.63, 3.8) is 0 Å². The second kappa shape index (κ2) is 8.34. The molecule has 0 saturated carbocycles. The predicted molar refractivity (Wildman–Crippen MR) is 95.9 cm³/mol. The van der Waals surface area contributed by atoms with E-state index in [1.54, 1.807) is 17.8 Å². The minimum atomic E-state index is -0.705. The van der Waals surface area contributed by atoms with Gasteiger partial charge in [-0.05, 0) is 19.3 Å². The molecule has 1 aliphatic heterocycles. The average Bonchev–Trinajstić information content (AvgIpc) is 3.05. The van der Waals surface area contributed by atoms with Crippen LogP contribution in [0.15, 0.2) is 18.3 Å². The highest BCUT2D eigenvalue weighted by molar-refractivity contribution is 5.95. The van der Waals surface area contributed by atoms with Crippen LogP contribution in [0.5, 0.6) is 5.88 Å². The molecule has 1 N–H and O–H groups in total. The molecule has 3 rings (SSSR count). The summed E-state index contributed by atoms with van der Waals surface area (Å²) in [6.45, 7) is 5.32. The quantitative estimate of drug-likeness (QED) is 0.611. The van der Waals surface area contributed by atoms with Crippen molar-refractivity contribution in [1.29, 1.82) is 0 Å². The summed E-state index contributed by atoms with van der Waals surface area (Å²) in [4.78, 5) is 16.0. The fourth-order valence-electron chi connectivity index (χ4n) is 2.97. The topological polar surface area (TPSA) is 87.5 Å². The Morgan fingerprint density at radius 1 is 1.48 bits per heavy atom. The average molecular weight is 378 g/mol. The Labute approximate surface area is 156 Å². The van der Waals surface area contributed by atoms with E-state index in [1.807, 2.05) is 0 Å². The van der Waals surface area contributed by atoms with Crippen LogP contribution in [0.4, 0.5) is 15.9 Å². The molecular weight excluding hydrogens is 355 g/mol. The third-order valence-corrected chi connectivity index (χ3v) is 4.47. The SMILES string of the molecule is CCOC(=O)c1cn([C@H]2COCC[C@@H]2C)nc1Nc1cc(F)nc(OC)c1. The van der Waals surface area contributed by atoms with Gasteiger partial charge in [0.05, 0.1) is 26.4 Å². The van der Waals surface area contributed by atoms with Gasteiger partial charge in [-0.15, -0.1) is 0 Å². The van der Waals surface area contributed by atoms with Crippen molar-refractivity contribution in [1.82, 2.24) is 14.8 Å². The zero-order valence-corrected chi connectivity index (χ0v) is 15.6. The van der Waals surface area contributed by atoms with Crippen LogP contribution >= 0.6 is 0 Å². The summed E-state index contributed by atoms with van der Waals surface area (Å²) < 4.78 is 31.1. The first-order chi connectivity index (χ1) is 13.0. The van der Waals surface area contributed by atoms with Crippen molar-refractivity contribution < 1.29 is 23.4 Å². The lowest BCUT2D eigenvalue weighted by atomic mass is 9.97. The van der Waals surface area contributed by atoms with Crippen LogP contribution in [0.2, 0.25) is 0 Å². The summed E-state index contributed by atoms with van der Waals surface area (Å²) in [5, 5.41) is 7.48. The standard InChI is InChI=1S/C18H23FN4O4/c1-4-27-18(24)13-9-23(14-10-26-6-5-11(14)2)22-17(13)20-12-7-15(19)21-16(8-12)25-3/h7-9,11,14H,4-6,10H2,1-3H3,(H,20,21,22)/t11-,14-/m0/s1. The number of carbonyl (C=O) groups is 1. The Morgan fingerprint density at radius 3 is 3.00 bits per heavy atom. The van der Waals surface area contributed by atoms with Crippen molar-refractivity contribution in [2.45, 2.75) is 26.3 Å². The normalized spacial score (nSPS) is 19.6. The van der Waals surface area contributed by atoms with Crippen LogP contribution in [-0.2, 0) is 9.47 Å². The van der Waals surface area contributed by atoms with Crippen LogP contribution in [0.25, 0.3) is 0 Å². The molecule has 0 spiro atoms. The van der Waals surface area contributed by atoms with Gasteiger partial charge in [-0.3, -0.25) is 4.68 Å². The van der Waals surface area contributed by atoms with E-state index < -0.39 is 11.9 Å². The van der Waals surface area contributed by atoms with Gasteiger partial charge >= 0.3 is 5.97 Å². The number of pyridine rings is 1. The Morgan fingerprint density at radius 2 is 2.30 bits per heavy atom. The summed E-state index contributed by atoms with van der Waals surface area (Å²) >= 11 is 0. The molecule has 2 aromatic heterocycles. The molecule has 1 aliphatic rings. The summed E-state index contributed by atoms with van der Waals surface area (Å²) in [5.41, 5.74) is 0.633.